The molecule has 0 saturated heterocycles. The molecule has 0 atom stereocenters. The Morgan fingerprint density at radius 3 is 2.16 bits per heavy atom. The summed E-state index contributed by atoms with van der Waals surface area (Å²) in [6.45, 7) is 2.29. The number of hydrogen-bond donors (Lipinski definition) is 1. The third kappa shape index (κ3) is 8.30. The van der Waals surface area contributed by atoms with Crippen LogP contribution >= 0.6 is 23.2 Å². The Hall–Kier alpha value is -4.63. The molecular weight excluding hydrogens is 629 g/mol. The van der Waals surface area contributed by atoms with E-state index < -0.39 is 15.9 Å². The highest BCUT2D eigenvalue weighted by Crippen LogP contribution is 2.31. The summed E-state index contributed by atoms with van der Waals surface area (Å²) in [5.41, 5.74) is 6.60. The fraction of sp³-hybridized carbons (Fsp3) is 0.0857. The summed E-state index contributed by atoms with van der Waals surface area (Å²) in [6, 6.07) is 34.8. The zero-order valence-corrected chi connectivity index (χ0v) is 26.6. The van der Waals surface area contributed by atoms with Crippen LogP contribution in [0.4, 0.5) is 5.69 Å². The maximum Gasteiger partial charge on any atom is 0.271 e. The number of aryl methyl sites for hydroxylation is 1. The largest absolute Gasteiger partial charge is 0.489 e. The van der Waals surface area contributed by atoms with E-state index in [1.807, 2.05) is 55.5 Å². The van der Waals surface area contributed by atoms with Crippen LogP contribution in [0.3, 0.4) is 0 Å². The number of benzene rings is 5. The van der Waals surface area contributed by atoms with E-state index in [4.69, 9.17) is 27.9 Å². The number of carbonyl (C=O) groups excluding carboxylic acids is 1. The van der Waals surface area contributed by atoms with E-state index in [0.717, 1.165) is 16.7 Å². The van der Waals surface area contributed by atoms with E-state index in [2.05, 4.69) is 10.5 Å². The number of nitrogens with zero attached hydrogens (tertiary/aromatic N) is 2. The summed E-state index contributed by atoms with van der Waals surface area (Å²) in [5.74, 6) is 0.298. The number of carbonyl (C=O) groups is 1. The van der Waals surface area contributed by atoms with Gasteiger partial charge in [0.1, 0.15) is 12.4 Å². The van der Waals surface area contributed by atoms with Crippen LogP contribution in [0.5, 0.6) is 5.75 Å². The predicted octanol–water partition coefficient (Wildman–Crippen LogP) is 8.04. The number of sulfonamides is 1. The van der Waals surface area contributed by atoms with Gasteiger partial charge in [0.25, 0.3) is 15.9 Å². The monoisotopic (exact) mass is 657 g/mol. The molecule has 5 rings (SSSR count). The van der Waals surface area contributed by atoms with Crippen molar-refractivity contribution in [3.63, 3.8) is 0 Å². The van der Waals surface area contributed by atoms with E-state index >= 15 is 0 Å². The molecule has 0 aromatic heterocycles. The Balaban J connectivity index is 1.22. The minimum atomic E-state index is -3.91. The maximum atomic E-state index is 13.7. The van der Waals surface area contributed by atoms with Crippen LogP contribution in [0.2, 0.25) is 10.0 Å². The molecule has 0 aliphatic rings. The highest BCUT2D eigenvalue weighted by Gasteiger charge is 2.26. The minimum absolute atomic E-state index is 0.0396. The summed E-state index contributed by atoms with van der Waals surface area (Å²) >= 11 is 12.2. The van der Waals surface area contributed by atoms with E-state index in [-0.39, 0.29) is 11.4 Å². The highest BCUT2D eigenvalue weighted by molar-refractivity contribution is 7.92. The molecule has 1 N–H and O–H groups in total. The second-order valence-electron chi connectivity index (χ2n) is 10.1. The Morgan fingerprint density at radius 1 is 0.822 bits per heavy atom. The van der Waals surface area contributed by atoms with Crippen LogP contribution in [0, 0.1) is 6.92 Å². The van der Waals surface area contributed by atoms with Gasteiger partial charge in [0.15, 0.2) is 0 Å². The van der Waals surface area contributed by atoms with Crippen molar-refractivity contribution in [2.75, 3.05) is 4.31 Å². The van der Waals surface area contributed by atoms with E-state index in [0.29, 0.717) is 39.2 Å². The van der Waals surface area contributed by atoms with Crippen molar-refractivity contribution >= 4 is 51.0 Å². The number of hydrazone groups is 1. The molecule has 0 unspecified atom stereocenters. The van der Waals surface area contributed by atoms with Crippen molar-refractivity contribution in [3.05, 3.63) is 159 Å². The fourth-order valence-electron chi connectivity index (χ4n) is 4.43. The molecule has 5 aromatic rings. The Bertz CT molecular complexity index is 1900. The molecule has 10 heteroatoms. The number of nitrogens with one attached hydrogen (secondary N) is 1. The number of rotatable bonds is 11. The molecule has 0 saturated carbocycles. The van der Waals surface area contributed by atoms with E-state index in [9.17, 15) is 13.2 Å². The van der Waals surface area contributed by atoms with Gasteiger partial charge in [-0.15, -0.1) is 0 Å². The first kappa shape index (κ1) is 31.8. The second kappa shape index (κ2) is 14.4. The zero-order valence-electron chi connectivity index (χ0n) is 24.2. The van der Waals surface area contributed by atoms with Crippen LogP contribution in [0.15, 0.2) is 131 Å². The Labute approximate surface area is 272 Å². The summed E-state index contributed by atoms with van der Waals surface area (Å²) in [5, 5.41) is 5.17. The van der Waals surface area contributed by atoms with Gasteiger partial charge in [-0.2, -0.15) is 5.10 Å². The second-order valence-corrected chi connectivity index (χ2v) is 12.9. The lowest BCUT2D eigenvalue weighted by Gasteiger charge is -2.26. The summed E-state index contributed by atoms with van der Waals surface area (Å²) in [7, 11) is -3.91. The van der Waals surface area contributed by atoms with E-state index in [1.165, 1.54) is 10.5 Å². The van der Waals surface area contributed by atoms with Gasteiger partial charge in [0, 0.05) is 15.6 Å². The van der Waals surface area contributed by atoms with Gasteiger partial charge in [-0.1, -0.05) is 71.7 Å². The van der Waals surface area contributed by atoms with Crippen LogP contribution in [0.25, 0.3) is 0 Å². The molecule has 0 spiro atoms. The average molecular weight is 659 g/mol. The van der Waals surface area contributed by atoms with Crippen molar-refractivity contribution in [1.82, 2.24) is 5.43 Å². The molecule has 0 aliphatic carbocycles. The molecule has 1 amide bonds. The number of halogens is 2. The lowest BCUT2D eigenvalue weighted by atomic mass is 10.1. The van der Waals surface area contributed by atoms with Gasteiger partial charge in [-0.25, -0.2) is 13.8 Å². The van der Waals surface area contributed by atoms with Gasteiger partial charge < -0.3 is 4.74 Å². The predicted molar refractivity (Wildman–Crippen MR) is 180 cm³/mol. The Morgan fingerprint density at radius 2 is 1.47 bits per heavy atom. The van der Waals surface area contributed by atoms with Crippen molar-refractivity contribution in [2.24, 2.45) is 5.10 Å². The van der Waals surface area contributed by atoms with Crippen molar-refractivity contribution in [3.8, 4) is 5.75 Å². The highest BCUT2D eigenvalue weighted by atomic mass is 35.5. The van der Waals surface area contributed by atoms with Gasteiger partial charge in [0.2, 0.25) is 0 Å². The molecule has 0 heterocycles. The molecular formula is C35H29Cl2N3O4S. The molecule has 5 aromatic carbocycles. The molecule has 0 fully saturated rings. The van der Waals surface area contributed by atoms with Crippen molar-refractivity contribution in [1.29, 1.82) is 0 Å². The van der Waals surface area contributed by atoms with Crippen LogP contribution in [0.1, 0.15) is 32.6 Å². The first-order valence-electron chi connectivity index (χ1n) is 13.9. The third-order valence-corrected chi connectivity index (χ3v) is 9.15. The number of ether oxygens (including phenoxy) is 1. The van der Waals surface area contributed by atoms with Gasteiger partial charge in [-0.3, -0.25) is 9.10 Å². The lowest BCUT2D eigenvalue weighted by Crippen LogP contribution is -2.31. The normalized spacial score (nSPS) is 11.4. The van der Waals surface area contributed by atoms with Crippen LogP contribution in [-0.4, -0.2) is 20.5 Å². The summed E-state index contributed by atoms with van der Waals surface area (Å²) in [6.07, 6.45) is 1.54. The third-order valence-electron chi connectivity index (χ3n) is 6.89. The molecule has 0 aliphatic heterocycles. The van der Waals surface area contributed by atoms with Gasteiger partial charge in [0.05, 0.1) is 23.3 Å². The number of amides is 1. The zero-order chi connectivity index (χ0) is 31.8. The maximum absolute atomic E-state index is 13.7. The SMILES string of the molecule is Cc1ccc(Cl)cc1N(Cc1ccc(C(=O)N/N=C\c2ccc(OCc3ccc(Cl)cc3)cc2)cc1)S(=O)(=O)c1ccccc1. The van der Waals surface area contributed by atoms with Crippen LogP contribution in [-0.2, 0) is 23.2 Å². The fourth-order valence-corrected chi connectivity index (χ4v) is 6.25. The number of anilines is 1. The Kier molecular flexibility index (Phi) is 10.2. The first-order chi connectivity index (χ1) is 21.7. The summed E-state index contributed by atoms with van der Waals surface area (Å²) < 4.78 is 34.6. The standard InChI is InChI=1S/C35H29Cl2N3O4S/c1-25-7-16-31(37)21-34(25)40(45(42,43)33-5-3-2-4-6-33)23-27-8-14-29(15-9-27)35(41)39-38-22-26-12-19-32(20-13-26)44-24-28-10-17-30(36)18-11-28/h2-22H,23-24H2,1H3,(H,39,41)/b38-22-. The first-order valence-corrected chi connectivity index (χ1v) is 16.1. The molecule has 0 bridgehead atoms. The van der Waals surface area contributed by atoms with Gasteiger partial charge >= 0.3 is 0 Å². The van der Waals surface area contributed by atoms with Crippen molar-refractivity contribution < 1.29 is 17.9 Å². The number of hydrogen-bond acceptors (Lipinski definition) is 5. The molecule has 45 heavy (non-hydrogen) atoms. The average Bonchev–Trinajstić information content (AvgIpc) is 3.06. The quantitative estimate of drug-likeness (QED) is 0.115. The van der Waals surface area contributed by atoms with Crippen molar-refractivity contribution in [2.45, 2.75) is 25.0 Å². The van der Waals surface area contributed by atoms with Crippen LogP contribution < -0.4 is 14.5 Å². The lowest BCUT2D eigenvalue weighted by molar-refractivity contribution is 0.0955. The minimum Gasteiger partial charge on any atom is -0.489 e. The smallest absolute Gasteiger partial charge is 0.271 e. The van der Waals surface area contributed by atoms with Gasteiger partial charge in [-0.05, 0) is 102 Å². The molecule has 0 radical (unpaired) electrons. The van der Waals surface area contributed by atoms with E-state index in [1.54, 1.807) is 72.8 Å². The topological polar surface area (TPSA) is 88.1 Å². The molecule has 228 valence electrons. The summed E-state index contributed by atoms with van der Waals surface area (Å²) in [4.78, 5) is 12.9. The molecule has 7 nitrogen and oxygen atoms in total.